The maximum atomic E-state index is 9.14. The smallest absolute Gasteiger partial charge is 0.0499 e. The number of nitrogens with one attached hydrogen (secondary N) is 1. The Labute approximate surface area is 84.5 Å². The molecule has 2 unspecified atom stereocenters. The normalized spacial score (nSPS) is 36.5. The van der Waals surface area contributed by atoms with Crippen molar-refractivity contribution in [2.75, 3.05) is 18.9 Å². The Kier molecular flexibility index (Phi) is 2.86. The van der Waals surface area contributed by atoms with E-state index in [1.54, 1.807) is 0 Å². The molecule has 0 spiro atoms. The minimum Gasteiger partial charge on any atom is -0.396 e. The van der Waals surface area contributed by atoms with Crippen molar-refractivity contribution in [3.05, 3.63) is 0 Å². The van der Waals surface area contributed by atoms with E-state index < -0.39 is 0 Å². The van der Waals surface area contributed by atoms with Gasteiger partial charge in [0.15, 0.2) is 0 Å². The van der Waals surface area contributed by atoms with E-state index in [4.69, 9.17) is 5.11 Å². The van der Waals surface area contributed by atoms with Gasteiger partial charge in [-0.25, -0.2) is 0 Å². The van der Waals surface area contributed by atoms with Crippen LogP contribution in [0.5, 0.6) is 0 Å². The summed E-state index contributed by atoms with van der Waals surface area (Å²) in [6.45, 7) is 3.70. The average Bonchev–Trinajstić information content (AvgIpc) is 2.81. The molecule has 2 N–H and O–H groups in total. The van der Waals surface area contributed by atoms with Gasteiger partial charge in [0.1, 0.15) is 0 Å². The lowest BCUT2D eigenvalue weighted by atomic mass is 10.1. The van der Waals surface area contributed by atoms with Gasteiger partial charge in [-0.3, -0.25) is 0 Å². The molecule has 1 heterocycles. The zero-order valence-electron chi connectivity index (χ0n) is 8.25. The predicted octanol–water partition coefficient (Wildman–Crippen LogP) is 1.24. The Bertz CT molecular complexity index is 182. The Morgan fingerprint density at radius 3 is 2.77 bits per heavy atom. The van der Waals surface area contributed by atoms with Crippen LogP contribution in [0.3, 0.4) is 0 Å². The lowest BCUT2D eigenvalue weighted by Crippen LogP contribution is -2.35. The van der Waals surface area contributed by atoms with Crippen LogP contribution in [0.25, 0.3) is 0 Å². The minimum atomic E-state index is 0.274. The molecule has 3 heteroatoms. The summed E-state index contributed by atoms with van der Waals surface area (Å²) in [5, 5.41) is 13.5. The van der Waals surface area contributed by atoms with Gasteiger partial charge in [0.25, 0.3) is 0 Å². The van der Waals surface area contributed by atoms with E-state index in [1.807, 2.05) is 0 Å². The summed E-state index contributed by atoms with van der Waals surface area (Å²) in [5.41, 5.74) is 0.274. The Hall–Kier alpha value is 0.270. The van der Waals surface area contributed by atoms with Crippen LogP contribution in [0.15, 0.2) is 0 Å². The van der Waals surface area contributed by atoms with E-state index in [-0.39, 0.29) is 5.41 Å². The van der Waals surface area contributed by atoms with Gasteiger partial charge in [0.2, 0.25) is 0 Å². The molecule has 0 aromatic carbocycles. The highest BCUT2D eigenvalue weighted by Crippen LogP contribution is 2.44. The number of aliphatic hydroxyl groups excluding tert-OH is 1. The van der Waals surface area contributed by atoms with E-state index in [1.165, 1.54) is 25.0 Å². The van der Waals surface area contributed by atoms with Crippen LogP contribution < -0.4 is 5.32 Å². The van der Waals surface area contributed by atoms with E-state index in [9.17, 15) is 0 Å². The van der Waals surface area contributed by atoms with Crippen molar-refractivity contribution in [2.45, 2.75) is 37.5 Å². The van der Waals surface area contributed by atoms with Crippen LogP contribution in [-0.4, -0.2) is 35.3 Å². The summed E-state index contributed by atoms with van der Waals surface area (Å²) in [7, 11) is 0. The SMILES string of the molecule is CC1CC(NCC2(CO)CC2)CS1. The van der Waals surface area contributed by atoms with Crippen LogP contribution in [0.4, 0.5) is 0 Å². The third-order valence-corrected chi connectivity index (χ3v) is 4.61. The molecular formula is C10H19NOS. The van der Waals surface area contributed by atoms with Gasteiger partial charge in [-0.1, -0.05) is 6.92 Å². The summed E-state index contributed by atoms with van der Waals surface area (Å²) in [4.78, 5) is 0. The van der Waals surface area contributed by atoms with Crippen LogP contribution in [-0.2, 0) is 0 Å². The zero-order chi connectivity index (χ0) is 9.31. The second-order valence-electron chi connectivity index (χ2n) is 4.62. The molecule has 2 fully saturated rings. The molecule has 0 aromatic heterocycles. The highest BCUT2D eigenvalue weighted by Gasteiger charge is 2.42. The van der Waals surface area contributed by atoms with Crippen molar-refractivity contribution in [1.29, 1.82) is 0 Å². The molecule has 1 aliphatic carbocycles. The van der Waals surface area contributed by atoms with Gasteiger partial charge in [-0.15, -0.1) is 0 Å². The second-order valence-corrected chi connectivity index (χ2v) is 6.09. The molecule has 0 amide bonds. The number of thioether (sulfide) groups is 1. The minimum absolute atomic E-state index is 0.274. The third-order valence-electron chi connectivity index (χ3n) is 3.26. The fourth-order valence-electron chi connectivity index (χ4n) is 1.89. The molecule has 2 atom stereocenters. The molecule has 2 rings (SSSR count). The molecule has 2 aliphatic rings. The molecule has 0 aromatic rings. The maximum Gasteiger partial charge on any atom is 0.0499 e. The molecule has 13 heavy (non-hydrogen) atoms. The molecule has 0 radical (unpaired) electrons. The molecule has 0 bridgehead atoms. The first-order chi connectivity index (χ1) is 6.24. The average molecular weight is 201 g/mol. The largest absolute Gasteiger partial charge is 0.396 e. The van der Waals surface area contributed by atoms with E-state index in [0.29, 0.717) is 12.6 Å². The lowest BCUT2D eigenvalue weighted by molar-refractivity contribution is 0.204. The molecule has 1 saturated heterocycles. The van der Waals surface area contributed by atoms with Crippen molar-refractivity contribution in [1.82, 2.24) is 5.32 Å². The van der Waals surface area contributed by atoms with E-state index in [2.05, 4.69) is 24.0 Å². The number of rotatable bonds is 4. The summed E-state index contributed by atoms with van der Waals surface area (Å²) in [6, 6.07) is 0.698. The quantitative estimate of drug-likeness (QED) is 0.718. The first kappa shape index (κ1) is 9.81. The Balaban J connectivity index is 1.68. The zero-order valence-corrected chi connectivity index (χ0v) is 9.07. The number of hydrogen-bond acceptors (Lipinski definition) is 3. The highest BCUT2D eigenvalue weighted by atomic mass is 32.2. The monoisotopic (exact) mass is 201 g/mol. The van der Waals surface area contributed by atoms with Crippen molar-refractivity contribution >= 4 is 11.8 Å². The Morgan fingerprint density at radius 2 is 2.31 bits per heavy atom. The topological polar surface area (TPSA) is 32.3 Å². The lowest BCUT2D eigenvalue weighted by Gasteiger charge is -2.16. The maximum absolute atomic E-state index is 9.14. The van der Waals surface area contributed by atoms with Gasteiger partial charge in [0, 0.05) is 35.6 Å². The van der Waals surface area contributed by atoms with Crippen LogP contribution >= 0.6 is 11.8 Å². The summed E-state index contributed by atoms with van der Waals surface area (Å²) < 4.78 is 0. The molecular weight excluding hydrogens is 182 g/mol. The third kappa shape index (κ3) is 2.39. The number of hydrogen-bond donors (Lipinski definition) is 2. The van der Waals surface area contributed by atoms with Crippen molar-refractivity contribution in [3.8, 4) is 0 Å². The van der Waals surface area contributed by atoms with Gasteiger partial charge >= 0.3 is 0 Å². The second kappa shape index (κ2) is 3.79. The van der Waals surface area contributed by atoms with Gasteiger partial charge < -0.3 is 10.4 Å². The van der Waals surface area contributed by atoms with Crippen molar-refractivity contribution < 1.29 is 5.11 Å². The molecule has 2 nitrogen and oxygen atoms in total. The summed E-state index contributed by atoms with van der Waals surface area (Å²) in [6.07, 6.45) is 3.73. The van der Waals surface area contributed by atoms with Crippen molar-refractivity contribution in [2.24, 2.45) is 5.41 Å². The molecule has 76 valence electrons. The van der Waals surface area contributed by atoms with Gasteiger partial charge in [0.05, 0.1) is 0 Å². The predicted molar refractivity (Wildman–Crippen MR) is 57.1 cm³/mol. The first-order valence-electron chi connectivity index (χ1n) is 5.20. The Morgan fingerprint density at radius 1 is 1.54 bits per heavy atom. The molecule has 1 saturated carbocycles. The fourth-order valence-corrected chi connectivity index (χ4v) is 3.07. The van der Waals surface area contributed by atoms with Crippen LogP contribution in [0.1, 0.15) is 26.2 Å². The fraction of sp³-hybridized carbons (Fsp3) is 1.00. The van der Waals surface area contributed by atoms with E-state index >= 15 is 0 Å². The summed E-state index contributed by atoms with van der Waals surface area (Å²) in [5.74, 6) is 1.25. The summed E-state index contributed by atoms with van der Waals surface area (Å²) >= 11 is 2.06. The van der Waals surface area contributed by atoms with Gasteiger partial charge in [-0.2, -0.15) is 11.8 Å². The van der Waals surface area contributed by atoms with Crippen LogP contribution in [0, 0.1) is 5.41 Å². The van der Waals surface area contributed by atoms with Crippen molar-refractivity contribution in [3.63, 3.8) is 0 Å². The van der Waals surface area contributed by atoms with E-state index in [0.717, 1.165) is 11.8 Å². The number of aliphatic hydroxyl groups is 1. The van der Waals surface area contributed by atoms with Crippen LogP contribution in [0.2, 0.25) is 0 Å². The van der Waals surface area contributed by atoms with Gasteiger partial charge in [-0.05, 0) is 19.3 Å². The standard InChI is InChI=1S/C10H19NOS/c1-8-4-9(5-13-8)11-6-10(7-12)2-3-10/h8-9,11-12H,2-7H2,1H3. The first-order valence-corrected chi connectivity index (χ1v) is 6.25. The highest BCUT2D eigenvalue weighted by molar-refractivity contribution is 8.00. The molecule has 1 aliphatic heterocycles.